The van der Waals surface area contributed by atoms with Crippen molar-refractivity contribution >= 4 is 30.6 Å². The van der Waals surface area contributed by atoms with Gasteiger partial charge in [-0.1, -0.05) is 31.4 Å². The molecule has 2 aromatic heterocycles. The predicted octanol–water partition coefficient (Wildman–Crippen LogP) is 5.35. The van der Waals surface area contributed by atoms with Crippen LogP contribution in [-0.2, 0) is 24.4 Å². The van der Waals surface area contributed by atoms with Gasteiger partial charge in [0.25, 0.3) is 5.56 Å². The molecule has 0 saturated heterocycles. The molecule has 0 unspecified atom stereocenters. The molecule has 2 aromatic carbocycles. The fourth-order valence-electron chi connectivity index (χ4n) is 4.17. The third-order valence-corrected chi connectivity index (χ3v) is 8.97. The van der Waals surface area contributed by atoms with Crippen LogP contribution in [0.2, 0.25) is 25.7 Å². The Hall–Kier alpha value is -2.88. The van der Waals surface area contributed by atoms with E-state index in [0.717, 1.165) is 57.9 Å². The maximum atomic E-state index is 13.2. The van der Waals surface area contributed by atoms with Gasteiger partial charge in [0.05, 0.1) is 30.4 Å². The van der Waals surface area contributed by atoms with E-state index in [9.17, 15) is 4.79 Å². The number of aromatic nitrogens is 4. The third kappa shape index (κ3) is 5.74. The highest BCUT2D eigenvalue weighted by molar-refractivity contribution is 7.99. The lowest BCUT2D eigenvalue weighted by Gasteiger charge is -2.15. The number of hydrogen-bond acceptors (Lipinski definition) is 6. The summed E-state index contributed by atoms with van der Waals surface area (Å²) in [5, 5.41) is 10.6. The summed E-state index contributed by atoms with van der Waals surface area (Å²) in [7, 11) is -1.12. The van der Waals surface area contributed by atoms with E-state index in [0.29, 0.717) is 18.7 Å². The third-order valence-electron chi connectivity index (χ3n) is 6.29. The molecular formula is C27H32N4O3SSi. The Labute approximate surface area is 216 Å². The molecule has 188 valence electrons. The lowest BCUT2D eigenvalue weighted by atomic mass is 10.2. The molecule has 9 heteroatoms. The normalized spacial score (nSPS) is 13.2. The summed E-state index contributed by atoms with van der Waals surface area (Å²) in [6.45, 7) is 11.3. The maximum Gasteiger partial charge on any atom is 0.274 e. The van der Waals surface area contributed by atoms with E-state index in [1.54, 1.807) is 22.6 Å². The standard InChI is InChI=1S/C27H32N4O3SSi/c1-19-16-30(18-33-11-12-36(2,3)4)29-25(19)17-31-27(32)24-7-5-22(14-21(24)15-28-31)35-23-6-8-26-20(13-23)9-10-34-26/h5-8,13-16H,9-12,17-18H2,1-4H3. The van der Waals surface area contributed by atoms with Crippen LogP contribution in [0.15, 0.2) is 63.4 Å². The van der Waals surface area contributed by atoms with Gasteiger partial charge in [-0.15, -0.1) is 0 Å². The van der Waals surface area contributed by atoms with Crippen LogP contribution in [0, 0.1) is 6.92 Å². The highest BCUT2D eigenvalue weighted by Crippen LogP contribution is 2.34. The zero-order valence-electron chi connectivity index (χ0n) is 21.3. The molecule has 0 aliphatic carbocycles. The minimum absolute atomic E-state index is 0.112. The van der Waals surface area contributed by atoms with Crippen molar-refractivity contribution in [3.05, 3.63) is 76.0 Å². The van der Waals surface area contributed by atoms with E-state index in [2.05, 4.69) is 42.0 Å². The van der Waals surface area contributed by atoms with E-state index in [-0.39, 0.29) is 5.56 Å². The average molecular weight is 521 g/mol. The lowest BCUT2D eigenvalue weighted by molar-refractivity contribution is 0.0782. The smallest absolute Gasteiger partial charge is 0.274 e. The number of ether oxygens (including phenoxy) is 2. The number of nitrogens with zero attached hydrogens (tertiary/aromatic N) is 4. The summed E-state index contributed by atoms with van der Waals surface area (Å²) in [6, 6.07) is 13.3. The lowest BCUT2D eigenvalue weighted by Crippen LogP contribution is -2.24. The first-order chi connectivity index (χ1) is 17.2. The number of rotatable bonds is 9. The molecule has 0 bridgehead atoms. The minimum Gasteiger partial charge on any atom is -0.493 e. The largest absolute Gasteiger partial charge is 0.493 e. The van der Waals surface area contributed by atoms with E-state index >= 15 is 0 Å². The number of benzene rings is 2. The SMILES string of the molecule is Cc1cn(COCC[Si](C)(C)C)nc1Cn1ncc2cc(Sc3ccc4c(c3)CCO4)ccc2c1=O. The first-order valence-electron chi connectivity index (χ1n) is 12.3. The molecule has 0 amide bonds. The van der Waals surface area contributed by atoms with Gasteiger partial charge in [0.1, 0.15) is 12.5 Å². The highest BCUT2D eigenvalue weighted by atomic mass is 32.2. The molecule has 36 heavy (non-hydrogen) atoms. The van der Waals surface area contributed by atoms with Gasteiger partial charge in [0.15, 0.2) is 0 Å². The molecule has 0 spiro atoms. The molecular weight excluding hydrogens is 488 g/mol. The van der Waals surface area contributed by atoms with Crippen LogP contribution >= 0.6 is 11.8 Å². The van der Waals surface area contributed by atoms with Gasteiger partial charge in [-0.25, -0.2) is 9.36 Å². The molecule has 1 aliphatic rings. The minimum atomic E-state index is -1.12. The molecule has 0 atom stereocenters. The van der Waals surface area contributed by atoms with Crippen molar-refractivity contribution in [1.29, 1.82) is 0 Å². The van der Waals surface area contributed by atoms with Crippen LogP contribution in [0.1, 0.15) is 16.8 Å². The summed E-state index contributed by atoms with van der Waals surface area (Å²) in [5.41, 5.74) is 2.98. The summed E-state index contributed by atoms with van der Waals surface area (Å²) in [6.07, 6.45) is 4.68. The summed E-state index contributed by atoms with van der Waals surface area (Å²) >= 11 is 1.68. The molecule has 3 heterocycles. The van der Waals surface area contributed by atoms with Crippen molar-refractivity contribution in [3.8, 4) is 5.75 Å². The second-order valence-electron chi connectivity index (χ2n) is 10.5. The van der Waals surface area contributed by atoms with Crippen molar-refractivity contribution in [1.82, 2.24) is 19.6 Å². The fraction of sp³-hybridized carbons (Fsp3) is 0.370. The van der Waals surface area contributed by atoms with Crippen LogP contribution < -0.4 is 10.3 Å². The van der Waals surface area contributed by atoms with Gasteiger partial charge in [-0.3, -0.25) is 4.79 Å². The Morgan fingerprint density at radius 1 is 1.14 bits per heavy atom. The molecule has 5 rings (SSSR count). The van der Waals surface area contributed by atoms with Gasteiger partial charge in [-0.2, -0.15) is 10.2 Å². The Balaban J connectivity index is 1.28. The predicted molar refractivity (Wildman–Crippen MR) is 146 cm³/mol. The van der Waals surface area contributed by atoms with Crippen molar-refractivity contribution in [3.63, 3.8) is 0 Å². The molecule has 1 aliphatic heterocycles. The molecule has 0 N–H and O–H groups in total. The monoisotopic (exact) mass is 520 g/mol. The Morgan fingerprint density at radius 3 is 2.78 bits per heavy atom. The van der Waals surface area contributed by atoms with Gasteiger partial charge in [-0.05, 0) is 60.5 Å². The average Bonchev–Trinajstić information content (AvgIpc) is 3.44. The van der Waals surface area contributed by atoms with Crippen LogP contribution in [-0.4, -0.2) is 40.8 Å². The van der Waals surface area contributed by atoms with E-state index in [4.69, 9.17) is 9.47 Å². The van der Waals surface area contributed by atoms with E-state index in [1.165, 1.54) is 10.2 Å². The number of fused-ring (bicyclic) bond motifs is 2. The number of aryl methyl sites for hydroxylation is 1. The fourth-order valence-corrected chi connectivity index (χ4v) is 5.85. The van der Waals surface area contributed by atoms with Gasteiger partial charge < -0.3 is 9.47 Å². The summed E-state index contributed by atoms with van der Waals surface area (Å²) in [4.78, 5) is 15.4. The Morgan fingerprint density at radius 2 is 1.94 bits per heavy atom. The quantitative estimate of drug-likeness (QED) is 0.219. The second-order valence-corrected chi connectivity index (χ2v) is 17.2. The Bertz CT molecular complexity index is 1460. The highest BCUT2D eigenvalue weighted by Gasteiger charge is 2.15. The second kappa shape index (κ2) is 10.2. The molecule has 0 fully saturated rings. The van der Waals surface area contributed by atoms with Gasteiger partial charge in [0.2, 0.25) is 0 Å². The molecule has 4 aromatic rings. The zero-order valence-corrected chi connectivity index (χ0v) is 23.1. The first-order valence-corrected chi connectivity index (χ1v) is 16.8. The first kappa shape index (κ1) is 24.8. The van der Waals surface area contributed by atoms with Gasteiger partial charge in [0, 0.05) is 42.5 Å². The van der Waals surface area contributed by atoms with E-state index in [1.807, 2.05) is 37.4 Å². The molecule has 0 saturated carbocycles. The van der Waals surface area contributed by atoms with Crippen molar-refractivity contribution in [2.45, 2.75) is 62.1 Å². The van der Waals surface area contributed by atoms with Crippen LogP contribution in [0.5, 0.6) is 5.75 Å². The van der Waals surface area contributed by atoms with Crippen LogP contribution in [0.4, 0.5) is 0 Å². The van der Waals surface area contributed by atoms with Crippen LogP contribution in [0.25, 0.3) is 10.8 Å². The molecule has 0 radical (unpaired) electrons. The maximum absolute atomic E-state index is 13.2. The summed E-state index contributed by atoms with van der Waals surface area (Å²) < 4.78 is 14.7. The van der Waals surface area contributed by atoms with Crippen molar-refractivity contribution in [2.24, 2.45) is 0 Å². The van der Waals surface area contributed by atoms with Crippen molar-refractivity contribution < 1.29 is 9.47 Å². The molecule has 7 nitrogen and oxygen atoms in total. The number of hydrogen-bond donors (Lipinski definition) is 0. The van der Waals surface area contributed by atoms with Crippen LogP contribution in [0.3, 0.4) is 0 Å². The Kier molecular flexibility index (Phi) is 7.05. The zero-order chi connectivity index (χ0) is 25.3. The van der Waals surface area contributed by atoms with Gasteiger partial charge >= 0.3 is 0 Å². The van der Waals surface area contributed by atoms with E-state index < -0.39 is 8.07 Å². The van der Waals surface area contributed by atoms with Crippen molar-refractivity contribution in [2.75, 3.05) is 13.2 Å². The topological polar surface area (TPSA) is 71.2 Å². The summed E-state index contributed by atoms with van der Waals surface area (Å²) in [5.74, 6) is 0.984.